The first-order valence-electron chi connectivity index (χ1n) is 11.3. The highest BCUT2D eigenvalue weighted by atomic mass is 127. The van der Waals surface area contributed by atoms with E-state index in [-0.39, 0.29) is 36.0 Å². The molecule has 7 nitrogen and oxygen atoms in total. The molecular weight excluding hydrogens is 531 g/mol. The molecule has 180 valence electrons. The second-order valence-electron chi connectivity index (χ2n) is 7.85. The zero-order valence-electron chi connectivity index (χ0n) is 19.4. The van der Waals surface area contributed by atoms with Gasteiger partial charge >= 0.3 is 0 Å². The molecule has 1 saturated heterocycles. The van der Waals surface area contributed by atoms with Gasteiger partial charge in [0.05, 0.1) is 19.8 Å². The highest BCUT2D eigenvalue weighted by Gasteiger charge is 2.18. The fourth-order valence-electron chi connectivity index (χ4n) is 3.37. The molecule has 1 amide bonds. The monoisotopic (exact) mass is 566 g/mol. The molecule has 1 aliphatic heterocycles. The number of aryl methyl sites for hydroxylation is 1. The SMILES string of the molecule is CCNC(=NCc1ccc(C)cc1OC1CCOC1)NCCC(=O)NCc1ccccc1.I. The summed E-state index contributed by atoms with van der Waals surface area (Å²) >= 11 is 0. The predicted octanol–water partition coefficient (Wildman–Crippen LogP) is 3.54. The Hall–Kier alpha value is -2.33. The number of nitrogens with one attached hydrogen (secondary N) is 3. The van der Waals surface area contributed by atoms with Crippen molar-refractivity contribution in [2.24, 2.45) is 4.99 Å². The number of aliphatic imine (C=N–C) groups is 1. The lowest BCUT2D eigenvalue weighted by Gasteiger charge is -2.16. The number of benzene rings is 2. The summed E-state index contributed by atoms with van der Waals surface area (Å²) in [6, 6.07) is 16.1. The Labute approximate surface area is 213 Å². The van der Waals surface area contributed by atoms with Gasteiger partial charge in [0, 0.05) is 38.0 Å². The van der Waals surface area contributed by atoms with Crippen molar-refractivity contribution in [1.82, 2.24) is 16.0 Å². The second kappa shape index (κ2) is 14.7. The van der Waals surface area contributed by atoms with Gasteiger partial charge in [-0.05, 0) is 31.0 Å². The van der Waals surface area contributed by atoms with Crippen molar-refractivity contribution in [3.63, 3.8) is 0 Å². The van der Waals surface area contributed by atoms with Crippen LogP contribution >= 0.6 is 24.0 Å². The molecule has 1 fully saturated rings. The molecule has 2 aromatic rings. The van der Waals surface area contributed by atoms with Gasteiger partial charge in [0.1, 0.15) is 11.9 Å². The van der Waals surface area contributed by atoms with E-state index in [4.69, 9.17) is 14.5 Å². The van der Waals surface area contributed by atoms with Gasteiger partial charge in [-0.2, -0.15) is 0 Å². The topological polar surface area (TPSA) is 84.0 Å². The molecular formula is C25H35IN4O3. The molecule has 3 N–H and O–H groups in total. The van der Waals surface area contributed by atoms with Gasteiger partial charge in [0.2, 0.25) is 5.91 Å². The first-order chi connectivity index (χ1) is 15.6. The summed E-state index contributed by atoms with van der Waals surface area (Å²) in [6.07, 6.45) is 1.38. The minimum Gasteiger partial charge on any atom is -0.488 e. The molecule has 0 aromatic heterocycles. The lowest BCUT2D eigenvalue weighted by molar-refractivity contribution is -0.121. The van der Waals surface area contributed by atoms with Crippen molar-refractivity contribution < 1.29 is 14.3 Å². The number of hydrogen-bond acceptors (Lipinski definition) is 4. The minimum atomic E-state index is 0. The van der Waals surface area contributed by atoms with Crippen LogP contribution in [0.4, 0.5) is 0 Å². The number of hydrogen-bond donors (Lipinski definition) is 3. The number of carbonyl (C=O) groups is 1. The fourth-order valence-corrected chi connectivity index (χ4v) is 3.37. The first kappa shape index (κ1) is 26.9. The molecule has 0 spiro atoms. The van der Waals surface area contributed by atoms with Crippen LogP contribution in [0, 0.1) is 6.92 Å². The Morgan fingerprint density at radius 1 is 1.15 bits per heavy atom. The standard InChI is InChI=1S/C25H34N4O3.HI/c1-3-26-25(27-13-11-24(30)28-16-20-7-5-4-6-8-20)29-17-21-10-9-19(2)15-23(21)32-22-12-14-31-18-22;/h4-10,15,22H,3,11-14,16-18H2,1-2H3,(H,28,30)(H2,26,27,29);1H. The Kier molecular flexibility index (Phi) is 12.0. The van der Waals surface area contributed by atoms with Crippen LogP contribution in [0.15, 0.2) is 53.5 Å². The third-order valence-electron chi connectivity index (χ3n) is 5.13. The Morgan fingerprint density at radius 2 is 1.97 bits per heavy atom. The summed E-state index contributed by atoms with van der Waals surface area (Å²) in [5.41, 5.74) is 3.27. The number of amides is 1. The molecule has 8 heteroatoms. The van der Waals surface area contributed by atoms with Crippen molar-refractivity contribution in [2.45, 2.75) is 45.9 Å². The summed E-state index contributed by atoms with van der Waals surface area (Å²) in [5, 5.41) is 9.42. The van der Waals surface area contributed by atoms with E-state index in [9.17, 15) is 4.79 Å². The molecule has 0 bridgehead atoms. The van der Waals surface area contributed by atoms with Crippen molar-refractivity contribution >= 4 is 35.8 Å². The molecule has 3 rings (SSSR count). The van der Waals surface area contributed by atoms with Crippen molar-refractivity contribution in [3.05, 3.63) is 65.2 Å². The zero-order chi connectivity index (χ0) is 22.6. The van der Waals surface area contributed by atoms with Crippen LogP contribution in [0.25, 0.3) is 0 Å². The summed E-state index contributed by atoms with van der Waals surface area (Å²) < 4.78 is 11.6. The molecule has 33 heavy (non-hydrogen) atoms. The maximum atomic E-state index is 12.1. The number of nitrogens with zero attached hydrogens (tertiary/aromatic N) is 1. The maximum Gasteiger partial charge on any atom is 0.222 e. The normalized spacial score (nSPS) is 15.5. The van der Waals surface area contributed by atoms with E-state index in [2.05, 4.69) is 41.1 Å². The van der Waals surface area contributed by atoms with E-state index in [1.807, 2.05) is 37.3 Å². The quantitative estimate of drug-likeness (QED) is 0.233. The van der Waals surface area contributed by atoms with E-state index in [1.54, 1.807) is 0 Å². The van der Waals surface area contributed by atoms with Crippen LogP contribution in [0.1, 0.15) is 36.5 Å². The third kappa shape index (κ3) is 9.59. The maximum absolute atomic E-state index is 12.1. The Morgan fingerprint density at radius 3 is 2.70 bits per heavy atom. The molecule has 1 atom stereocenters. The van der Waals surface area contributed by atoms with E-state index < -0.39 is 0 Å². The Balaban J connectivity index is 0.00000385. The van der Waals surface area contributed by atoms with E-state index >= 15 is 0 Å². The third-order valence-corrected chi connectivity index (χ3v) is 5.13. The van der Waals surface area contributed by atoms with Crippen molar-refractivity contribution in [1.29, 1.82) is 0 Å². The minimum absolute atomic E-state index is 0. The van der Waals surface area contributed by atoms with Gasteiger partial charge in [-0.3, -0.25) is 4.79 Å². The number of ether oxygens (including phenoxy) is 2. The van der Waals surface area contributed by atoms with Crippen LogP contribution in [0.5, 0.6) is 5.75 Å². The van der Waals surface area contributed by atoms with E-state index in [1.165, 1.54) is 0 Å². The molecule has 0 saturated carbocycles. The molecule has 0 radical (unpaired) electrons. The van der Waals surface area contributed by atoms with Crippen LogP contribution in [-0.2, 0) is 22.6 Å². The molecule has 0 aliphatic carbocycles. The van der Waals surface area contributed by atoms with E-state index in [0.29, 0.717) is 38.6 Å². The average molecular weight is 566 g/mol. The number of halogens is 1. The van der Waals surface area contributed by atoms with Gasteiger partial charge < -0.3 is 25.4 Å². The van der Waals surface area contributed by atoms with Crippen molar-refractivity contribution in [3.8, 4) is 5.75 Å². The average Bonchev–Trinajstić information content (AvgIpc) is 3.31. The largest absolute Gasteiger partial charge is 0.488 e. The number of carbonyl (C=O) groups excluding carboxylic acids is 1. The predicted molar refractivity (Wildman–Crippen MR) is 142 cm³/mol. The summed E-state index contributed by atoms with van der Waals surface area (Å²) in [5.74, 6) is 1.55. The van der Waals surface area contributed by atoms with E-state index in [0.717, 1.165) is 42.0 Å². The number of guanidine groups is 1. The lowest BCUT2D eigenvalue weighted by atomic mass is 10.1. The van der Waals surface area contributed by atoms with Gasteiger partial charge in [0.25, 0.3) is 0 Å². The number of rotatable bonds is 10. The summed E-state index contributed by atoms with van der Waals surface area (Å²) in [6.45, 7) is 7.72. The smallest absolute Gasteiger partial charge is 0.222 e. The summed E-state index contributed by atoms with van der Waals surface area (Å²) in [4.78, 5) is 16.8. The lowest BCUT2D eigenvalue weighted by Crippen LogP contribution is -2.39. The van der Waals surface area contributed by atoms with Gasteiger partial charge in [-0.15, -0.1) is 24.0 Å². The van der Waals surface area contributed by atoms with Crippen molar-refractivity contribution in [2.75, 3.05) is 26.3 Å². The summed E-state index contributed by atoms with van der Waals surface area (Å²) in [7, 11) is 0. The first-order valence-corrected chi connectivity index (χ1v) is 11.3. The van der Waals surface area contributed by atoms with Crippen LogP contribution in [-0.4, -0.2) is 44.3 Å². The molecule has 2 aromatic carbocycles. The van der Waals surface area contributed by atoms with Gasteiger partial charge in [-0.25, -0.2) is 4.99 Å². The van der Waals surface area contributed by atoms with Crippen LogP contribution < -0.4 is 20.7 Å². The fraction of sp³-hybridized carbons (Fsp3) is 0.440. The molecule has 1 unspecified atom stereocenters. The molecule has 1 aliphatic rings. The Bertz CT molecular complexity index is 886. The highest BCUT2D eigenvalue weighted by Crippen LogP contribution is 2.24. The molecule has 1 heterocycles. The highest BCUT2D eigenvalue weighted by molar-refractivity contribution is 14.0. The van der Waals surface area contributed by atoms with Gasteiger partial charge in [0.15, 0.2) is 5.96 Å². The van der Waals surface area contributed by atoms with Gasteiger partial charge in [-0.1, -0.05) is 42.5 Å². The zero-order valence-corrected chi connectivity index (χ0v) is 21.8. The second-order valence-corrected chi connectivity index (χ2v) is 7.85. The van der Waals surface area contributed by atoms with Crippen LogP contribution in [0.2, 0.25) is 0 Å². The van der Waals surface area contributed by atoms with Crippen LogP contribution in [0.3, 0.4) is 0 Å².